The molecule has 37 heavy (non-hydrogen) atoms. The van der Waals surface area contributed by atoms with Crippen LogP contribution in [0, 0.1) is 6.92 Å². The van der Waals surface area contributed by atoms with E-state index in [0.717, 1.165) is 5.56 Å². The van der Waals surface area contributed by atoms with Gasteiger partial charge in [-0.3, -0.25) is 14.9 Å². The second-order valence-corrected chi connectivity index (χ2v) is 9.81. The number of nitrogens with zero attached hydrogens (tertiary/aromatic N) is 2. The highest BCUT2D eigenvalue weighted by atomic mass is 16.3. The Bertz CT molecular complexity index is 1050. The molecule has 1 aliphatic heterocycles. The van der Waals surface area contributed by atoms with Crippen molar-refractivity contribution in [2.24, 2.45) is 0 Å². The van der Waals surface area contributed by atoms with Crippen molar-refractivity contribution < 1.29 is 30.0 Å². The van der Waals surface area contributed by atoms with Crippen molar-refractivity contribution in [3.8, 4) is 5.75 Å². The number of likely N-dealkylation sites (N-methyl/N-ethyl adjacent to an activating group) is 1. The fraction of sp³-hybridized carbons (Fsp3) is 0.481. The molecule has 0 aromatic heterocycles. The Hall–Kier alpha value is -3.02. The molecule has 2 aromatic rings. The van der Waals surface area contributed by atoms with Gasteiger partial charge in [0.05, 0.1) is 18.2 Å². The predicted molar refractivity (Wildman–Crippen MR) is 139 cm³/mol. The van der Waals surface area contributed by atoms with E-state index >= 15 is 0 Å². The lowest BCUT2D eigenvalue weighted by atomic mass is 9.98. The Balaban J connectivity index is 1.80. The third-order valence-electron chi connectivity index (χ3n) is 6.68. The van der Waals surface area contributed by atoms with Crippen LogP contribution in [0.1, 0.15) is 27.9 Å². The number of carbonyl (C=O) groups is 2. The van der Waals surface area contributed by atoms with Crippen LogP contribution in [0.15, 0.2) is 48.5 Å². The third-order valence-corrected chi connectivity index (χ3v) is 6.68. The highest BCUT2D eigenvalue weighted by molar-refractivity contribution is 5.97. The Kier molecular flexibility index (Phi) is 10.0. The number of aliphatic hydroxyl groups excluding tert-OH is 3. The van der Waals surface area contributed by atoms with E-state index < -0.39 is 42.3 Å². The number of hydrogen-bond acceptors (Lipinski definition) is 8. The van der Waals surface area contributed by atoms with Gasteiger partial charge in [0.1, 0.15) is 12.0 Å². The highest BCUT2D eigenvalue weighted by Gasteiger charge is 2.42. The standard InChI is InChI=1S/C27H38N4O6/c1-17-20(10-7-11-23(17)33)25(35)29-21(14-18-8-5-4-6-9-18)24(34)27(37)31-16-19(32)15-22(31)26(36)28-12-13-30(2)3/h4-11,19,21-22,24,26,28,32-34,36H,12-16H2,1-3H3,(H,29,35)/t19-,21+,22+,24+,26?/m1/s1. The topological polar surface area (TPSA) is 146 Å². The van der Waals surface area contributed by atoms with Crippen LogP contribution in [0.4, 0.5) is 0 Å². The number of nitrogens with one attached hydrogen (secondary N) is 2. The normalized spacial score (nSPS) is 20.0. The smallest absolute Gasteiger partial charge is 0.254 e. The van der Waals surface area contributed by atoms with E-state index in [-0.39, 0.29) is 30.7 Å². The molecule has 1 heterocycles. The van der Waals surface area contributed by atoms with Crippen molar-refractivity contribution in [2.45, 2.75) is 50.3 Å². The molecule has 10 heteroatoms. The maximum Gasteiger partial charge on any atom is 0.254 e. The first-order valence-electron chi connectivity index (χ1n) is 12.4. The summed E-state index contributed by atoms with van der Waals surface area (Å²) >= 11 is 0. The van der Waals surface area contributed by atoms with Gasteiger partial charge in [-0.2, -0.15) is 0 Å². The van der Waals surface area contributed by atoms with Gasteiger partial charge in [0.25, 0.3) is 11.8 Å². The number of benzene rings is 2. The largest absolute Gasteiger partial charge is 0.508 e. The van der Waals surface area contributed by atoms with Crippen LogP contribution < -0.4 is 10.6 Å². The lowest BCUT2D eigenvalue weighted by Crippen LogP contribution is -2.57. The fourth-order valence-corrected chi connectivity index (χ4v) is 4.54. The second kappa shape index (κ2) is 13.0. The van der Waals surface area contributed by atoms with Gasteiger partial charge in [-0.15, -0.1) is 0 Å². The average molecular weight is 515 g/mol. The van der Waals surface area contributed by atoms with Gasteiger partial charge >= 0.3 is 0 Å². The summed E-state index contributed by atoms with van der Waals surface area (Å²) in [6, 6.07) is 12.0. The summed E-state index contributed by atoms with van der Waals surface area (Å²) in [6.07, 6.45) is -3.24. The molecule has 5 atom stereocenters. The number of β-amino-alcohol motifs (C(OH)–C–C–N with tert-alkyl or cyclic N) is 1. The van der Waals surface area contributed by atoms with E-state index in [1.54, 1.807) is 19.1 Å². The zero-order valence-corrected chi connectivity index (χ0v) is 21.5. The van der Waals surface area contributed by atoms with Crippen molar-refractivity contribution >= 4 is 11.8 Å². The zero-order valence-electron chi connectivity index (χ0n) is 21.5. The molecule has 1 saturated heterocycles. The molecule has 2 amide bonds. The Morgan fingerprint density at radius 3 is 2.49 bits per heavy atom. The molecule has 202 valence electrons. The van der Waals surface area contributed by atoms with Gasteiger partial charge in [-0.25, -0.2) is 0 Å². The summed E-state index contributed by atoms with van der Waals surface area (Å²) in [5.41, 5.74) is 1.41. The number of hydrogen-bond donors (Lipinski definition) is 6. The van der Waals surface area contributed by atoms with Crippen LogP contribution in [0.3, 0.4) is 0 Å². The van der Waals surface area contributed by atoms with E-state index in [4.69, 9.17) is 0 Å². The van der Waals surface area contributed by atoms with Gasteiger partial charge in [0.15, 0.2) is 6.10 Å². The van der Waals surface area contributed by atoms with Gasteiger partial charge in [-0.05, 0) is 51.6 Å². The van der Waals surface area contributed by atoms with Crippen molar-refractivity contribution in [2.75, 3.05) is 33.7 Å². The number of phenolic OH excluding ortho intramolecular Hbond substituents is 1. The molecule has 6 N–H and O–H groups in total. The number of rotatable bonds is 11. The van der Waals surface area contributed by atoms with E-state index in [2.05, 4.69) is 10.6 Å². The van der Waals surface area contributed by atoms with Crippen LogP contribution in [-0.4, -0.2) is 106 Å². The Morgan fingerprint density at radius 2 is 1.81 bits per heavy atom. The number of aromatic hydroxyl groups is 1. The molecule has 1 fully saturated rings. The monoisotopic (exact) mass is 514 g/mol. The van der Waals surface area contributed by atoms with Crippen molar-refractivity contribution in [1.82, 2.24) is 20.4 Å². The molecule has 1 aliphatic rings. The maximum absolute atomic E-state index is 13.5. The molecule has 0 spiro atoms. The molecule has 10 nitrogen and oxygen atoms in total. The molecule has 3 rings (SSSR count). The molecule has 0 aliphatic carbocycles. The summed E-state index contributed by atoms with van der Waals surface area (Å²) in [5, 5.41) is 47.9. The van der Waals surface area contributed by atoms with Gasteiger partial charge in [-0.1, -0.05) is 36.4 Å². The molecule has 2 aromatic carbocycles. The third kappa shape index (κ3) is 7.50. The summed E-state index contributed by atoms with van der Waals surface area (Å²) in [7, 11) is 3.80. The summed E-state index contributed by atoms with van der Waals surface area (Å²) in [4.78, 5) is 29.8. The predicted octanol–water partition coefficient (Wildman–Crippen LogP) is -0.166. The quantitative estimate of drug-likeness (QED) is 0.227. The van der Waals surface area contributed by atoms with Gasteiger partial charge in [0, 0.05) is 30.8 Å². The number of amides is 2. The van der Waals surface area contributed by atoms with Crippen molar-refractivity contribution in [3.05, 3.63) is 65.2 Å². The zero-order chi connectivity index (χ0) is 27.1. The van der Waals surface area contributed by atoms with E-state index in [1.807, 2.05) is 49.3 Å². The van der Waals surface area contributed by atoms with E-state index in [0.29, 0.717) is 18.7 Å². The summed E-state index contributed by atoms with van der Waals surface area (Å²) in [5.74, 6) is -1.26. The molecular formula is C27H38N4O6. The molecule has 0 saturated carbocycles. The molecule has 1 unspecified atom stereocenters. The Labute approximate surface area is 217 Å². The van der Waals surface area contributed by atoms with Crippen molar-refractivity contribution in [1.29, 1.82) is 0 Å². The van der Waals surface area contributed by atoms with Gasteiger partial charge < -0.3 is 35.5 Å². The second-order valence-electron chi connectivity index (χ2n) is 9.81. The molecular weight excluding hydrogens is 476 g/mol. The Morgan fingerprint density at radius 1 is 1.11 bits per heavy atom. The summed E-state index contributed by atoms with van der Waals surface area (Å²) < 4.78 is 0. The fourth-order valence-electron chi connectivity index (χ4n) is 4.54. The summed E-state index contributed by atoms with van der Waals surface area (Å²) in [6.45, 7) is 2.72. The first-order chi connectivity index (χ1) is 17.6. The minimum Gasteiger partial charge on any atom is -0.508 e. The first kappa shape index (κ1) is 28.5. The van der Waals surface area contributed by atoms with Crippen LogP contribution in [0.25, 0.3) is 0 Å². The van der Waals surface area contributed by atoms with Gasteiger partial charge in [0.2, 0.25) is 0 Å². The van der Waals surface area contributed by atoms with Crippen LogP contribution >= 0.6 is 0 Å². The van der Waals surface area contributed by atoms with Crippen LogP contribution in [0.5, 0.6) is 5.75 Å². The number of likely N-dealkylation sites (tertiary alicyclic amines) is 1. The highest BCUT2D eigenvalue weighted by Crippen LogP contribution is 2.23. The number of aliphatic hydroxyl groups is 3. The maximum atomic E-state index is 13.5. The van der Waals surface area contributed by atoms with E-state index in [1.165, 1.54) is 11.0 Å². The van der Waals surface area contributed by atoms with Crippen LogP contribution in [-0.2, 0) is 11.2 Å². The number of phenols is 1. The average Bonchev–Trinajstić information content (AvgIpc) is 3.26. The molecule has 0 radical (unpaired) electrons. The SMILES string of the molecule is Cc1c(O)cccc1C(=O)N[C@@H](Cc1ccccc1)[C@H](O)C(=O)N1C[C@H](O)C[C@H]1C(O)NCCN(C)C. The molecule has 0 bridgehead atoms. The van der Waals surface area contributed by atoms with Crippen molar-refractivity contribution in [3.63, 3.8) is 0 Å². The van der Waals surface area contributed by atoms with Crippen LogP contribution in [0.2, 0.25) is 0 Å². The minimum absolute atomic E-state index is 0.0338. The first-order valence-corrected chi connectivity index (χ1v) is 12.4. The lowest BCUT2D eigenvalue weighted by molar-refractivity contribution is -0.145. The minimum atomic E-state index is -1.64. The number of carbonyl (C=O) groups excluding carboxylic acids is 2. The lowest BCUT2D eigenvalue weighted by Gasteiger charge is -2.33. The van der Waals surface area contributed by atoms with E-state index in [9.17, 15) is 30.0 Å².